The molecule has 2 nitrogen and oxygen atoms in total. The van der Waals surface area contributed by atoms with Crippen LogP contribution < -0.4 is 5.32 Å². The molecule has 19 heavy (non-hydrogen) atoms. The van der Waals surface area contributed by atoms with Crippen molar-refractivity contribution in [2.24, 2.45) is 0 Å². The maximum absolute atomic E-state index is 13.0. The van der Waals surface area contributed by atoms with Crippen molar-refractivity contribution in [2.75, 3.05) is 26.7 Å². The smallest absolute Gasteiger partial charge is 0.123 e. The molecular weight excluding hydrogens is 239 g/mol. The standard InChI is InChI=1S/C16H27FN2/c1-4-6-7-16(18-12-13-19(3)5-2)14-8-10-15(17)11-9-14/h8-11,16,18H,4-7,12-13H2,1-3H3. The Bertz CT molecular complexity index is 337. The van der Waals surface area contributed by atoms with Gasteiger partial charge in [0.15, 0.2) is 0 Å². The topological polar surface area (TPSA) is 15.3 Å². The summed E-state index contributed by atoms with van der Waals surface area (Å²) in [5, 5.41) is 3.59. The molecule has 0 aliphatic carbocycles. The van der Waals surface area contributed by atoms with Gasteiger partial charge in [-0.05, 0) is 37.7 Å². The van der Waals surface area contributed by atoms with Crippen LogP contribution in [0, 0.1) is 5.82 Å². The van der Waals surface area contributed by atoms with Crippen LogP contribution in [0.4, 0.5) is 4.39 Å². The third kappa shape index (κ3) is 6.17. The highest BCUT2D eigenvalue weighted by atomic mass is 19.1. The molecule has 0 aromatic heterocycles. The first-order valence-corrected chi connectivity index (χ1v) is 7.34. The lowest BCUT2D eigenvalue weighted by Crippen LogP contribution is -2.31. The van der Waals surface area contributed by atoms with E-state index in [0.717, 1.165) is 26.1 Å². The monoisotopic (exact) mass is 266 g/mol. The predicted octanol–water partition coefficient (Wildman–Crippen LogP) is 3.60. The Labute approximate surface area is 117 Å². The molecule has 0 saturated heterocycles. The largest absolute Gasteiger partial charge is 0.309 e. The van der Waals surface area contributed by atoms with E-state index in [1.807, 2.05) is 12.1 Å². The van der Waals surface area contributed by atoms with E-state index < -0.39 is 0 Å². The SMILES string of the molecule is CCCCC(NCCN(C)CC)c1ccc(F)cc1. The lowest BCUT2D eigenvalue weighted by Gasteiger charge is -2.21. The second kappa shape index (κ2) is 9.05. The highest BCUT2D eigenvalue weighted by molar-refractivity contribution is 5.19. The van der Waals surface area contributed by atoms with Crippen molar-refractivity contribution in [1.82, 2.24) is 10.2 Å². The molecule has 1 rings (SSSR count). The second-order valence-electron chi connectivity index (χ2n) is 5.10. The molecule has 1 aromatic carbocycles. The van der Waals surface area contributed by atoms with Crippen LogP contribution in [-0.2, 0) is 0 Å². The fourth-order valence-corrected chi connectivity index (χ4v) is 2.08. The molecule has 1 unspecified atom stereocenters. The Balaban J connectivity index is 2.53. The number of hydrogen-bond donors (Lipinski definition) is 1. The third-order valence-electron chi connectivity index (χ3n) is 3.54. The van der Waals surface area contributed by atoms with Crippen LogP contribution in [0.5, 0.6) is 0 Å². The Morgan fingerprint density at radius 3 is 2.47 bits per heavy atom. The Kier molecular flexibility index (Phi) is 7.68. The first-order chi connectivity index (χ1) is 9.17. The normalized spacial score (nSPS) is 12.9. The molecule has 0 fully saturated rings. The van der Waals surface area contributed by atoms with Gasteiger partial charge in [-0.3, -0.25) is 0 Å². The van der Waals surface area contributed by atoms with Crippen LogP contribution in [0.1, 0.15) is 44.7 Å². The number of nitrogens with zero attached hydrogens (tertiary/aromatic N) is 1. The molecular formula is C16H27FN2. The van der Waals surface area contributed by atoms with Gasteiger partial charge in [0.2, 0.25) is 0 Å². The molecule has 3 heteroatoms. The van der Waals surface area contributed by atoms with Crippen molar-refractivity contribution in [3.8, 4) is 0 Å². The van der Waals surface area contributed by atoms with Crippen molar-refractivity contribution in [1.29, 1.82) is 0 Å². The molecule has 0 radical (unpaired) electrons. The minimum Gasteiger partial charge on any atom is -0.309 e. The molecule has 0 saturated carbocycles. The van der Waals surface area contributed by atoms with Gasteiger partial charge in [-0.2, -0.15) is 0 Å². The lowest BCUT2D eigenvalue weighted by molar-refractivity contribution is 0.335. The zero-order chi connectivity index (χ0) is 14.1. The van der Waals surface area contributed by atoms with Crippen LogP contribution in [0.25, 0.3) is 0 Å². The molecule has 0 bridgehead atoms. The number of likely N-dealkylation sites (N-methyl/N-ethyl adjacent to an activating group) is 1. The van der Waals surface area contributed by atoms with E-state index in [9.17, 15) is 4.39 Å². The Morgan fingerprint density at radius 1 is 1.21 bits per heavy atom. The fourth-order valence-electron chi connectivity index (χ4n) is 2.08. The van der Waals surface area contributed by atoms with Gasteiger partial charge in [-0.15, -0.1) is 0 Å². The zero-order valence-electron chi connectivity index (χ0n) is 12.5. The van der Waals surface area contributed by atoms with Gasteiger partial charge in [0.25, 0.3) is 0 Å². The van der Waals surface area contributed by atoms with E-state index in [-0.39, 0.29) is 5.82 Å². The summed E-state index contributed by atoms with van der Waals surface area (Å²) in [6, 6.07) is 7.23. The number of rotatable bonds is 9. The first kappa shape index (κ1) is 16.1. The molecule has 108 valence electrons. The Hall–Kier alpha value is -0.930. The molecule has 0 spiro atoms. The summed E-state index contributed by atoms with van der Waals surface area (Å²) in [5.41, 5.74) is 1.19. The molecule has 0 aliphatic rings. The van der Waals surface area contributed by atoms with Crippen LogP contribution in [0.3, 0.4) is 0 Å². The number of unbranched alkanes of at least 4 members (excludes halogenated alkanes) is 1. The van der Waals surface area contributed by atoms with Crippen LogP contribution in [-0.4, -0.2) is 31.6 Å². The number of nitrogens with one attached hydrogen (secondary N) is 1. The van der Waals surface area contributed by atoms with E-state index >= 15 is 0 Å². The van der Waals surface area contributed by atoms with Crippen molar-refractivity contribution in [2.45, 2.75) is 39.2 Å². The van der Waals surface area contributed by atoms with Crippen LogP contribution in [0.2, 0.25) is 0 Å². The summed E-state index contributed by atoms with van der Waals surface area (Å²) in [6.45, 7) is 7.44. The molecule has 1 atom stereocenters. The van der Waals surface area contributed by atoms with E-state index in [0.29, 0.717) is 6.04 Å². The maximum Gasteiger partial charge on any atom is 0.123 e. The van der Waals surface area contributed by atoms with Gasteiger partial charge < -0.3 is 10.2 Å². The van der Waals surface area contributed by atoms with Crippen LogP contribution in [0.15, 0.2) is 24.3 Å². The molecule has 0 aliphatic heterocycles. The molecule has 1 N–H and O–H groups in total. The van der Waals surface area contributed by atoms with E-state index in [1.165, 1.54) is 18.4 Å². The molecule has 1 aromatic rings. The van der Waals surface area contributed by atoms with Gasteiger partial charge >= 0.3 is 0 Å². The minimum absolute atomic E-state index is 0.163. The van der Waals surface area contributed by atoms with Gasteiger partial charge in [-0.1, -0.05) is 38.8 Å². The van der Waals surface area contributed by atoms with Crippen molar-refractivity contribution < 1.29 is 4.39 Å². The number of halogens is 1. The van der Waals surface area contributed by atoms with Crippen molar-refractivity contribution >= 4 is 0 Å². The number of hydrogen-bond acceptors (Lipinski definition) is 2. The maximum atomic E-state index is 13.0. The van der Waals surface area contributed by atoms with Gasteiger partial charge in [-0.25, -0.2) is 4.39 Å². The highest BCUT2D eigenvalue weighted by Crippen LogP contribution is 2.19. The van der Waals surface area contributed by atoms with Gasteiger partial charge in [0.1, 0.15) is 5.82 Å². The first-order valence-electron chi connectivity index (χ1n) is 7.34. The average Bonchev–Trinajstić information content (AvgIpc) is 2.43. The molecule has 0 amide bonds. The van der Waals surface area contributed by atoms with Gasteiger partial charge in [0.05, 0.1) is 0 Å². The summed E-state index contributed by atoms with van der Waals surface area (Å²) >= 11 is 0. The second-order valence-corrected chi connectivity index (χ2v) is 5.10. The van der Waals surface area contributed by atoms with Crippen LogP contribution >= 0.6 is 0 Å². The van der Waals surface area contributed by atoms with Gasteiger partial charge in [0, 0.05) is 19.1 Å². The zero-order valence-corrected chi connectivity index (χ0v) is 12.5. The average molecular weight is 266 g/mol. The van der Waals surface area contributed by atoms with E-state index in [2.05, 4.69) is 31.1 Å². The van der Waals surface area contributed by atoms with Crippen molar-refractivity contribution in [3.63, 3.8) is 0 Å². The summed E-state index contributed by atoms with van der Waals surface area (Å²) in [5.74, 6) is -0.163. The predicted molar refractivity (Wildman–Crippen MR) is 79.8 cm³/mol. The number of benzene rings is 1. The highest BCUT2D eigenvalue weighted by Gasteiger charge is 2.10. The summed E-state index contributed by atoms with van der Waals surface area (Å²) < 4.78 is 13.0. The lowest BCUT2D eigenvalue weighted by atomic mass is 10.0. The van der Waals surface area contributed by atoms with E-state index in [4.69, 9.17) is 0 Å². The molecule has 0 heterocycles. The minimum atomic E-state index is -0.163. The third-order valence-corrected chi connectivity index (χ3v) is 3.54. The summed E-state index contributed by atoms with van der Waals surface area (Å²) in [4.78, 5) is 2.29. The summed E-state index contributed by atoms with van der Waals surface area (Å²) in [7, 11) is 2.13. The fraction of sp³-hybridized carbons (Fsp3) is 0.625. The van der Waals surface area contributed by atoms with E-state index in [1.54, 1.807) is 12.1 Å². The Morgan fingerprint density at radius 2 is 1.89 bits per heavy atom. The van der Waals surface area contributed by atoms with Crippen molar-refractivity contribution in [3.05, 3.63) is 35.6 Å². The summed E-state index contributed by atoms with van der Waals surface area (Å²) in [6.07, 6.45) is 3.49. The quantitative estimate of drug-likeness (QED) is 0.734.